The predicted molar refractivity (Wildman–Crippen MR) is 121 cm³/mol. The van der Waals surface area contributed by atoms with Gasteiger partial charge in [-0.2, -0.15) is 0 Å². The second-order valence-electron chi connectivity index (χ2n) is 6.68. The number of allylic oxidation sites excluding steroid dienone is 1. The molecule has 0 spiro atoms. The maximum Gasteiger partial charge on any atom is 0.335 e. The average molecular weight is 469 g/mol. The first-order chi connectivity index (χ1) is 15.9. The zero-order valence-electron chi connectivity index (χ0n) is 17.3. The molecule has 2 amide bonds. The van der Waals surface area contributed by atoms with E-state index in [2.05, 4.69) is 27.4 Å². The fourth-order valence-electron chi connectivity index (χ4n) is 2.79. The summed E-state index contributed by atoms with van der Waals surface area (Å²) < 4.78 is 15.5. The fourth-order valence-corrected chi connectivity index (χ4v) is 3.56. The minimum Gasteiger partial charge on any atom is -0.478 e. The summed E-state index contributed by atoms with van der Waals surface area (Å²) in [6.07, 6.45) is 1.62. The Balaban J connectivity index is 1.60. The van der Waals surface area contributed by atoms with Crippen LogP contribution < -0.4 is 10.6 Å². The molecule has 0 atom stereocenters. The molecule has 0 unspecified atom stereocenters. The molecule has 33 heavy (non-hydrogen) atoms. The first-order valence-electron chi connectivity index (χ1n) is 9.70. The van der Waals surface area contributed by atoms with Crippen LogP contribution in [0.5, 0.6) is 0 Å². The highest BCUT2D eigenvalue weighted by Crippen LogP contribution is 2.18. The van der Waals surface area contributed by atoms with Gasteiger partial charge in [0.25, 0.3) is 5.91 Å². The Kier molecular flexibility index (Phi) is 7.92. The molecule has 0 radical (unpaired) electrons. The quantitative estimate of drug-likeness (QED) is 0.308. The normalized spacial score (nSPS) is 10.5. The van der Waals surface area contributed by atoms with Crippen LogP contribution in [0.15, 0.2) is 66.3 Å². The summed E-state index contributed by atoms with van der Waals surface area (Å²) in [7, 11) is 0. The molecule has 3 N–H and O–H groups in total. The van der Waals surface area contributed by atoms with Gasteiger partial charge in [0.2, 0.25) is 5.91 Å². The van der Waals surface area contributed by atoms with Gasteiger partial charge in [-0.25, -0.2) is 9.18 Å². The molecular weight excluding hydrogens is 449 g/mol. The SMILES string of the molecule is C=CCn1c(CNC(=O)c2ccccc2F)nnc1SCC(=O)Nc1ccc(C(=O)O)cc1. The summed E-state index contributed by atoms with van der Waals surface area (Å²) in [5, 5.41) is 22.8. The number of amides is 2. The van der Waals surface area contributed by atoms with Crippen molar-refractivity contribution in [1.82, 2.24) is 20.1 Å². The number of nitrogens with one attached hydrogen (secondary N) is 2. The number of hydrogen-bond acceptors (Lipinski definition) is 6. The van der Waals surface area contributed by atoms with Crippen LogP contribution in [0.25, 0.3) is 0 Å². The highest BCUT2D eigenvalue weighted by atomic mass is 32.2. The molecule has 0 saturated carbocycles. The summed E-state index contributed by atoms with van der Waals surface area (Å²) in [6.45, 7) is 4.06. The number of aromatic carboxylic acids is 1. The highest BCUT2D eigenvalue weighted by molar-refractivity contribution is 7.99. The fraction of sp³-hybridized carbons (Fsp3) is 0.136. The van der Waals surface area contributed by atoms with Gasteiger partial charge in [-0.1, -0.05) is 30.0 Å². The summed E-state index contributed by atoms with van der Waals surface area (Å²) in [6, 6.07) is 11.5. The molecule has 0 saturated heterocycles. The third-order valence-electron chi connectivity index (χ3n) is 4.38. The van der Waals surface area contributed by atoms with Crippen LogP contribution in [0.1, 0.15) is 26.5 Å². The standard InChI is InChI=1S/C22H20FN5O4S/c1-2-11-28-18(12-24-20(30)16-5-3-4-6-17(16)23)26-27-22(28)33-13-19(29)25-15-9-7-14(8-10-15)21(31)32/h2-10H,1,11-13H2,(H,24,30)(H,25,29)(H,31,32). The molecule has 1 aromatic heterocycles. The number of carbonyl (C=O) groups is 3. The molecule has 2 aromatic carbocycles. The second kappa shape index (κ2) is 11.0. The second-order valence-corrected chi connectivity index (χ2v) is 7.62. The van der Waals surface area contributed by atoms with Crippen molar-refractivity contribution in [2.24, 2.45) is 0 Å². The van der Waals surface area contributed by atoms with Crippen molar-refractivity contribution >= 4 is 35.2 Å². The van der Waals surface area contributed by atoms with Crippen molar-refractivity contribution in [2.75, 3.05) is 11.1 Å². The Morgan fingerprint density at radius 1 is 1.12 bits per heavy atom. The van der Waals surface area contributed by atoms with Crippen LogP contribution >= 0.6 is 11.8 Å². The lowest BCUT2D eigenvalue weighted by Gasteiger charge is -2.09. The van der Waals surface area contributed by atoms with Crippen LogP contribution in [0.2, 0.25) is 0 Å². The number of carboxylic acids is 1. The number of carboxylic acid groups (broad SMARTS) is 1. The molecule has 11 heteroatoms. The number of anilines is 1. The number of rotatable bonds is 10. The van der Waals surface area contributed by atoms with Crippen molar-refractivity contribution in [3.8, 4) is 0 Å². The van der Waals surface area contributed by atoms with E-state index in [0.29, 0.717) is 23.2 Å². The van der Waals surface area contributed by atoms with Crippen molar-refractivity contribution in [1.29, 1.82) is 0 Å². The summed E-state index contributed by atoms with van der Waals surface area (Å²) >= 11 is 1.14. The van der Waals surface area contributed by atoms with E-state index >= 15 is 0 Å². The van der Waals surface area contributed by atoms with Crippen LogP contribution in [-0.4, -0.2) is 43.4 Å². The molecule has 0 aliphatic rings. The van der Waals surface area contributed by atoms with Crippen LogP contribution in [0, 0.1) is 5.82 Å². The molecule has 0 aliphatic heterocycles. The molecule has 0 aliphatic carbocycles. The summed E-state index contributed by atoms with van der Waals surface area (Å²) in [5.41, 5.74) is 0.513. The Hall–Kier alpha value is -3.99. The Bertz CT molecular complexity index is 1180. The number of hydrogen-bond donors (Lipinski definition) is 3. The van der Waals surface area contributed by atoms with Crippen molar-refractivity contribution in [3.05, 3.63) is 84.0 Å². The predicted octanol–water partition coefficient (Wildman–Crippen LogP) is 2.96. The van der Waals surface area contributed by atoms with Crippen LogP contribution in [-0.2, 0) is 17.9 Å². The van der Waals surface area contributed by atoms with Crippen molar-refractivity contribution < 1.29 is 23.9 Å². The van der Waals surface area contributed by atoms with E-state index in [0.717, 1.165) is 11.8 Å². The van der Waals surface area contributed by atoms with Crippen molar-refractivity contribution in [2.45, 2.75) is 18.2 Å². The lowest BCUT2D eigenvalue weighted by molar-refractivity contribution is -0.113. The third-order valence-corrected chi connectivity index (χ3v) is 5.35. The minimum absolute atomic E-state index is 0.0106. The van der Waals surface area contributed by atoms with E-state index in [-0.39, 0.29) is 29.3 Å². The molecule has 170 valence electrons. The number of carbonyl (C=O) groups excluding carboxylic acids is 2. The van der Waals surface area contributed by atoms with E-state index in [1.807, 2.05) is 0 Å². The monoisotopic (exact) mass is 469 g/mol. The number of nitrogens with zero attached hydrogens (tertiary/aromatic N) is 3. The van der Waals surface area contributed by atoms with E-state index in [4.69, 9.17) is 5.11 Å². The van der Waals surface area contributed by atoms with Gasteiger partial charge in [0.05, 0.1) is 23.4 Å². The maximum absolute atomic E-state index is 13.8. The zero-order valence-corrected chi connectivity index (χ0v) is 18.1. The van der Waals surface area contributed by atoms with Gasteiger partial charge in [0.1, 0.15) is 5.82 Å². The Morgan fingerprint density at radius 3 is 2.52 bits per heavy atom. The van der Waals surface area contributed by atoms with Crippen LogP contribution in [0.3, 0.4) is 0 Å². The first-order valence-corrected chi connectivity index (χ1v) is 10.7. The molecule has 3 rings (SSSR count). The van der Waals surface area contributed by atoms with Gasteiger partial charge < -0.3 is 20.3 Å². The van der Waals surface area contributed by atoms with E-state index in [1.165, 1.54) is 42.5 Å². The third kappa shape index (κ3) is 6.26. The van der Waals surface area contributed by atoms with Crippen molar-refractivity contribution in [3.63, 3.8) is 0 Å². The summed E-state index contributed by atoms with van der Waals surface area (Å²) in [4.78, 5) is 35.4. The molecule has 0 fully saturated rings. The van der Waals surface area contributed by atoms with Gasteiger partial charge in [-0.15, -0.1) is 16.8 Å². The molecule has 0 bridgehead atoms. The number of benzene rings is 2. The molecular formula is C22H20FN5O4S. The molecule has 1 heterocycles. The lowest BCUT2D eigenvalue weighted by Crippen LogP contribution is -2.25. The zero-order chi connectivity index (χ0) is 23.8. The van der Waals surface area contributed by atoms with Gasteiger partial charge >= 0.3 is 5.97 Å². The molecule has 3 aromatic rings. The average Bonchev–Trinajstić information content (AvgIpc) is 3.18. The van der Waals surface area contributed by atoms with E-state index < -0.39 is 17.7 Å². The van der Waals surface area contributed by atoms with Gasteiger partial charge in [-0.3, -0.25) is 9.59 Å². The number of halogens is 1. The van der Waals surface area contributed by atoms with Crippen LogP contribution in [0.4, 0.5) is 10.1 Å². The Morgan fingerprint density at radius 2 is 1.85 bits per heavy atom. The number of aromatic nitrogens is 3. The number of thioether (sulfide) groups is 1. The topological polar surface area (TPSA) is 126 Å². The smallest absolute Gasteiger partial charge is 0.335 e. The lowest BCUT2D eigenvalue weighted by atomic mass is 10.2. The van der Waals surface area contributed by atoms with E-state index in [9.17, 15) is 18.8 Å². The maximum atomic E-state index is 13.8. The van der Waals surface area contributed by atoms with Gasteiger partial charge in [-0.05, 0) is 36.4 Å². The van der Waals surface area contributed by atoms with Gasteiger partial charge in [0.15, 0.2) is 11.0 Å². The molecule has 9 nitrogen and oxygen atoms in total. The Labute approximate surface area is 192 Å². The highest BCUT2D eigenvalue weighted by Gasteiger charge is 2.16. The van der Waals surface area contributed by atoms with E-state index in [1.54, 1.807) is 16.7 Å². The minimum atomic E-state index is -1.05. The van der Waals surface area contributed by atoms with Gasteiger partial charge in [0, 0.05) is 12.2 Å². The largest absolute Gasteiger partial charge is 0.478 e. The first kappa shape index (κ1) is 23.7. The summed E-state index contributed by atoms with van der Waals surface area (Å²) in [5.74, 6) is -2.12.